The number of nitrogens with one attached hydrogen (secondary N) is 1. The molecule has 7 nitrogen and oxygen atoms in total. The summed E-state index contributed by atoms with van der Waals surface area (Å²) in [7, 11) is 0. The second kappa shape index (κ2) is 8.06. The fourth-order valence-electron chi connectivity index (χ4n) is 1.76. The number of hydrogen-bond acceptors (Lipinski definition) is 4. The average Bonchev–Trinajstić information content (AvgIpc) is 2.42. The van der Waals surface area contributed by atoms with Crippen LogP contribution in [-0.4, -0.2) is 62.7 Å². The summed E-state index contributed by atoms with van der Waals surface area (Å²) in [5.41, 5.74) is 10.4. The molecule has 5 N–H and O–H groups in total. The number of amides is 1. The minimum atomic E-state index is -0.667. The molecule has 0 bridgehead atoms. The maximum Gasteiger partial charge on any atom is 0.224 e. The van der Waals surface area contributed by atoms with Gasteiger partial charge in [-0.05, 0) is 26.8 Å². The fraction of sp³-hybridized carbons (Fsp3) is 0.846. The lowest BCUT2D eigenvalue weighted by Gasteiger charge is -2.26. The van der Waals surface area contributed by atoms with E-state index < -0.39 is 5.41 Å². The lowest BCUT2D eigenvalue weighted by Crippen LogP contribution is -2.40. The molecular formula is C13H27N5O2. The number of rotatable bonds is 7. The molecule has 0 spiro atoms. The van der Waals surface area contributed by atoms with E-state index in [1.807, 2.05) is 0 Å². The first-order chi connectivity index (χ1) is 9.42. The molecule has 0 aromatic carbocycles. The first kappa shape index (κ1) is 16.7. The third-order valence-corrected chi connectivity index (χ3v) is 3.37. The number of carbonyl (C=O) groups is 1. The van der Waals surface area contributed by atoms with Crippen molar-refractivity contribution in [3.05, 3.63) is 0 Å². The van der Waals surface area contributed by atoms with Crippen LogP contribution < -0.4 is 16.8 Å². The number of aliphatic imine (C=N–C) groups is 1. The Morgan fingerprint density at radius 3 is 2.60 bits per heavy atom. The smallest absolute Gasteiger partial charge is 0.224 e. The zero-order valence-electron chi connectivity index (χ0n) is 12.5. The monoisotopic (exact) mass is 285 g/mol. The van der Waals surface area contributed by atoms with Gasteiger partial charge in [-0.1, -0.05) is 0 Å². The highest BCUT2D eigenvalue weighted by molar-refractivity contribution is 5.81. The Morgan fingerprint density at radius 1 is 1.35 bits per heavy atom. The average molecular weight is 285 g/mol. The molecule has 1 fully saturated rings. The third kappa shape index (κ3) is 6.21. The molecule has 116 valence electrons. The van der Waals surface area contributed by atoms with Crippen LogP contribution in [0.15, 0.2) is 4.99 Å². The standard InChI is InChI=1S/C13H27N5O2/c1-13(2,11(14)19)10-17-12(15)16-4-3-5-18-6-8-20-9-7-18/h3-10H2,1-2H3,(H2,14,19)(H3,15,16,17). The summed E-state index contributed by atoms with van der Waals surface area (Å²) in [6.45, 7) is 9.23. The lowest BCUT2D eigenvalue weighted by atomic mass is 9.93. The zero-order chi connectivity index (χ0) is 15.0. The van der Waals surface area contributed by atoms with E-state index in [1.165, 1.54) is 0 Å². The van der Waals surface area contributed by atoms with Crippen LogP contribution in [0.5, 0.6) is 0 Å². The van der Waals surface area contributed by atoms with Gasteiger partial charge in [-0.3, -0.25) is 14.7 Å². The Hall–Kier alpha value is -1.34. The number of ether oxygens (including phenoxy) is 1. The topological polar surface area (TPSA) is 106 Å². The summed E-state index contributed by atoms with van der Waals surface area (Å²) >= 11 is 0. The number of hydrogen-bond donors (Lipinski definition) is 3. The highest BCUT2D eigenvalue weighted by Gasteiger charge is 2.24. The summed E-state index contributed by atoms with van der Waals surface area (Å²) in [5, 5.41) is 3.05. The van der Waals surface area contributed by atoms with Gasteiger partial charge in [0.2, 0.25) is 5.91 Å². The van der Waals surface area contributed by atoms with Gasteiger partial charge in [-0.25, -0.2) is 0 Å². The van der Waals surface area contributed by atoms with E-state index in [4.69, 9.17) is 16.2 Å². The first-order valence-corrected chi connectivity index (χ1v) is 7.05. The maximum absolute atomic E-state index is 11.1. The summed E-state index contributed by atoms with van der Waals surface area (Å²) in [6, 6.07) is 0. The molecule has 1 aliphatic rings. The molecule has 20 heavy (non-hydrogen) atoms. The molecule has 1 rings (SSSR count). The van der Waals surface area contributed by atoms with Crippen molar-refractivity contribution in [3.8, 4) is 0 Å². The van der Waals surface area contributed by atoms with Gasteiger partial charge in [-0.15, -0.1) is 0 Å². The quantitative estimate of drug-likeness (QED) is 0.320. The Balaban J connectivity index is 2.15. The molecule has 0 radical (unpaired) electrons. The predicted molar refractivity (Wildman–Crippen MR) is 79.3 cm³/mol. The van der Waals surface area contributed by atoms with Crippen LogP contribution in [0.3, 0.4) is 0 Å². The van der Waals surface area contributed by atoms with Crippen molar-refractivity contribution in [1.82, 2.24) is 10.2 Å². The van der Waals surface area contributed by atoms with Crippen LogP contribution >= 0.6 is 0 Å². The van der Waals surface area contributed by atoms with Crippen LogP contribution in [-0.2, 0) is 9.53 Å². The summed E-state index contributed by atoms with van der Waals surface area (Å²) < 4.78 is 5.29. The van der Waals surface area contributed by atoms with E-state index in [0.717, 1.165) is 45.8 Å². The first-order valence-electron chi connectivity index (χ1n) is 7.05. The zero-order valence-corrected chi connectivity index (χ0v) is 12.5. The van der Waals surface area contributed by atoms with Crippen molar-refractivity contribution in [2.45, 2.75) is 20.3 Å². The van der Waals surface area contributed by atoms with Crippen LogP contribution in [0.25, 0.3) is 0 Å². The fourth-order valence-corrected chi connectivity index (χ4v) is 1.76. The van der Waals surface area contributed by atoms with Crippen LogP contribution in [0.4, 0.5) is 0 Å². The minimum Gasteiger partial charge on any atom is -0.379 e. The van der Waals surface area contributed by atoms with Gasteiger partial charge in [0, 0.05) is 19.6 Å². The van der Waals surface area contributed by atoms with Gasteiger partial charge in [0.1, 0.15) is 0 Å². The number of carbonyl (C=O) groups excluding carboxylic acids is 1. The van der Waals surface area contributed by atoms with Gasteiger partial charge in [0.05, 0.1) is 25.2 Å². The predicted octanol–water partition coefficient (Wildman–Crippen LogP) is -0.875. The SMILES string of the molecule is CC(C)(CN=C(N)NCCCN1CCOCC1)C(N)=O. The Bertz CT molecular complexity index is 338. The minimum absolute atomic E-state index is 0.296. The molecule has 1 amide bonds. The molecular weight excluding hydrogens is 258 g/mol. The third-order valence-electron chi connectivity index (χ3n) is 3.37. The summed E-state index contributed by atoms with van der Waals surface area (Å²) in [5.74, 6) is -0.0114. The maximum atomic E-state index is 11.1. The Labute approximate surface area is 120 Å². The van der Waals surface area contributed by atoms with E-state index in [1.54, 1.807) is 13.8 Å². The van der Waals surface area contributed by atoms with Gasteiger partial charge in [0.15, 0.2) is 5.96 Å². The molecule has 7 heteroatoms. The van der Waals surface area contributed by atoms with Crippen molar-refractivity contribution in [2.24, 2.45) is 21.9 Å². The van der Waals surface area contributed by atoms with Gasteiger partial charge >= 0.3 is 0 Å². The molecule has 0 aromatic rings. The van der Waals surface area contributed by atoms with Crippen molar-refractivity contribution in [1.29, 1.82) is 0 Å². The van der Waals surface area contributed by atoms with Crippen LogP contribution in [0, 0.1) is 5.41 Å². The summed E-state index contributed by atoms with van der Waals surface area (Å²) in [6.07, 6.45) is 0.995. The summed E-state index contributed by atoms with van der Waals surface area (Å²) in [4.78, 5) is 17.7. The molecule has 0 aromatic heterocycles. The van der Waals surface area contributed by atoms with E-state index in [-0.39, 0.29) is 5.91 Å². The highest BCUT2D eigenvalue weighted by atomic mass is 16.5. The second-order valence-electron chi connectivity index (χ2n) is 5.68. The molecule has 1 aliphatic heterocycles. The van der Waals surface area contributed by atoms with Gasteiger partial charge < -0.3 is 21.5 Å². The largest absolute Gasteiger partial charge is 0.379 e. The van der Waals surface area contributed by atoms with Crippen molar-refractivity contribution < 1.29 is 9.53 Å². The van der Waals surface area contributed by atoms with Crippen molar-refractivity contribution in [2.75, 3.05) is 45.9 Å². The van der Waals surface area contributed by atoms with E-state index in [0.29, 0.717) is 12.5 Å². The van der Waals surface area contributed by atoms with E-state index >= 15 is 0 Å². The molecule has 0 atom stereocenters. The lowest BCUT2D eigenvalue weighted by molar-refractivity contribution is -0.125. The number of nitrogens with zero attached hydrogens (tertiary/aromatic N) is 2. The Kier molecular flexibility index (Phi) is 6.74. The normalized spacial score (nSPS) is 18.0. The molecule has 0 aliphatic carbocycles. The van der Waals surface area contributed by atoms with E-state index in [9.17, 15) is 4.79 Å². The molecule has 1 heterocycles. The molecule has 0 saturated carbocycles. The van der Waals surface area contributed by atoms with Gasteiger partial charge in [0.25, 0.3) is 0 Å². The van der Waals surface area contributed by atoms with Crippen LogP contribution in [0.1, 0.15) is 20.3 Å². The van der Waals surface area contributed by atoms with Crippen molar-refractivity contribution >= 4 is 11.9 Å². The Morgan fingerprint density at radius 2 is 2.00 bits per heavy atom. The second-order valence-corrected chi connectivity index (χ2v) is 5.68. The number of morpholine rings is 1. The van der Waals surface area contributed by atoms with Crippen molar-refractivity contribution in [3.63, 3.8) is 0 Å². The molecule has 0 unspecified atom stereocenters. The number of primary amides is 1. The number of guanidine groups is 1. The van der Waals surface area contributed by atoms with E-state index in [2.05, 4.69) is 15.2 Å². The highest BCUT2D eigenvalue weighted by Crippen LogP contribution is 2.13. The number of nitrogens with two attached hydrogens (primary N) is 2. The molecule has 1 saturated heterocycles. The van der Waals surface area contributed by atoms with Crippen LogP contribution in [0.2, 0.25) is 0 Å². The van der Waals surface area contributed by atoms with Gasteiger partial charge in [-0.2, -0.15) is 0 Å².